The SMILES string of the molecule is C=C(C)C(=O)OCC(COC(=O)Nc1cccc(SC)c1)OC(=O)c1ccccc1Br. The zero-order valence-corrected chi connectivity index (χ0v) is 19.5. The summed E-state index contributed by atoms with van der Waals surface area (Å²) in [6, 6.07) is 14.0. The number of hydrogen-bond acceptors (Lipinski definition) is 7. The molecular weight excluding hydrogens is 486 g/mol. The fraction of sp³-hybridized carbons (Fsp3) is 0.227. The molecule has 2 rings (SSSR count). The number of benzene rings is 2. The van der Waals surface area contributed by atoms with Crippen molar-refractivity contribution in [2.45, 2.75) is 17.9 Å². The molecule has 0 aliphatic rings. The number of amides is 1. The molecule has 1 unspecified atom stereocenters. The van der Waals surface area contributed by atoms with Crippen molar-refractivity contribution in [3.63, 3.8) is 0 Å². The van der Waals surface area contributed by atoms with E-state index in [2.05, 4.69) is 27.8 Å². The van der Waals surface area contributed by atoms with E-state index in [0.29, 0.717) is 10.2 Å². The highest BCUT2D eigenvalue weighted by atomic mass is 79.9. The number of nitrogens with one attached hydrogen (secondary N) is 1. The second-order valence-electron chi connectivity index (χ2n) is 6.34. The van der Waals surface area contributed by atoms with E-state index in [4.69, 9.17) is 14.2 Å². The van der Waals surface area contributed by atoms with Crippen LogP contribution in [-0.2, 0) is 19.0 Å². The van der Waals surface area contributed by atoms with Gasteiger partial charge in [-0.1, -0.05) is 24.8 Å². The summed E-state index contributed by atoms with van der Waals surface area (Å²) in [7, 11) is 0. The Morgan fingerprint density at radius 2 is 1.81 bits per heavy atom. The molecule has 9 heteroatoms. The molecule has 2 aromatic rings. The Balaban J connectivity index is 2.00. The molecule has 2 aromatic carbocycles. The standard InChI is InChI=1S/C22H22BrNO6S/c1-14(2)20(25)28-12-16(30-21(26)18-9-4-5-10-19(18)23)13-29-22(27)24-15-7-6-8-17(11-15)31-3/h4-11,16H,1,12-13H2,2-3H3,(H,24,27). The molecule has 164 valence electrons. The van der Waals surface area contributed by atoms with Crippen molar-refractivity contribution in [3.05, 3.63) is 70.7 Å². The highest BCUT2D eigenvalue weighted by molar-refractivity contribution is 9.10. The lowest BCUT2D eigenvalue weighted by Gasteiger charge is -2.18. The first kappa shape index (κ1) is 24.5. The van der Waals surface area contributed by atoms with Crippen molar-refractivity contribution in [1.29, 1.82) is 0 Å². The molecule has 1 atom stereocenters. The Bertz CT molecular complexity index is 965. The number of carbonyl (C=O) groups is 3. The fourth-order valence-electron chi connectivity index (χ4n) is 2.27. The van der Waals surface area contributed by atoms with Crippen LogP contribution in [0.2, 0.25) is 0 Å². The molecule has 7 nitrogen and oxygen atoms in total. The smallest absolute Gasteiger partial charge is 0.411 e. The zero-order chi connectivity index (χ0) is 22.8. The van der Waals surface area contributed by atoms with Gasteiger partial charge in [-0.2, -0.15) is 0 Å². The van der Waals surface area contributed by atoms with E-state index in [1.54, 1.807) is 42.5 Å². The molecule has 31 heavy (non-hydrogen) atoms. The summed E-state index contributed by atoms with van der Waals surface area (Å²) >= 11 is 4.82. The molecule has 0 saturated carbocycles. The molecule has 1 N–H and O–H groups in total. The maximum atomic E-state index is 12.5. The van der Waals surface area contributed by atoms with E-state index in [1.165, 1.54) is 18.7 Å². The van der Waals surface area contributed by atoms with E-state index < -0.39 is 24.1 Å². The molecule has 0 aliphatic heterocycles. The molecule has 0 heterocycles. The van der Waals surface area contributed by atoms with E-state index >= 15 is 0 Å². The number of esters is 2. The summed E-state index contributed by atoms with van der Waals surface area (Å²) in [5, 5.41) is 2.60. The first-order chi connectivity index (χ1) is 14.8. The van der Waals surface area contributed by atoms with E-state index in [9.17, 15) is 14.4 Å². The van der Waals surface area contributed by atoms with Gasteiger partial charge in [-0.3, -0.25) is 5.32 Å². The summed E-state index contributed by atoms with van der Waals surface area (Å²) < 4.78 is 16.2. The van der Waals surface area contributed by atoms with E-state index in [1.807, 2.05) is 12.3 Å². The maximum Gasteiger partial charge on any atom is 0.411 e. The normalized spacial score (nSPS) is 11.2. The number of halogens is 1. The molecule has 0 radical (unpaired) electrons. The largest absolute Gasteiger partial charge is 0.458 e. The monoisotopic (exact) mass is 507 g/mol. The molecule has 0 aromatic heterocycles. The van der Waals surface area contributed by atoms with Crippen molar-refractivity contribution in [2.75, 3.05) is 24.8 Å². The number of carbonyl (C=O) groups excluding carboxylic acids is 3. The average molecular weight is 508 g/mol. The Kier molecular flexibility index (Phi) is 9.61. The summed E-state index contributed by atoms with van der Waals surface area (Å²) in [6.45, 7) is 4.39. The summed E-state index contributed by atoms with van der Waals surface area (Å²) in [4.78, 5) is 37.3. The van der Waals surface area contributed by atoms with Gasteiger partial charge >= 0.3 is 18.0 Å². The lowest BCUT2D eigenvalue weighted by Crippen LogP contribution is -2.32. The van der Waals surface area contributed by atoms with Crippen molar-refractivity contribution in [2.24, 2.45) is 0 Å². The van der Waals surface area contributed by atoms with Crippen LogP contribution in [-0.4, -0.2) is 43.6 Å². The van der Waals surface area contributed by atoms with Crippen molar-refractivity contribution >= 4 is 51.4 Å². The average Bonchev–Trinajstić information content (AvgIpc) is 2.75. The lowest BCUT2D eigenvalue weighted by atomic mass is 10.2. The van der Waals surface area contributed by atoms with Crippen LogP contribution in [0.5, 0.6) is 0 Å². The predicted octanol–water partition coefficient (Wildman–Crippen LogP) is 5.06. The minimum Gasteiger partial charge on any atom is -0.458 e. The number of ether oxygens (including phenoxy) is 3. The van der Waals surface area contributed by atoms with Crippen LogP contribution in [0.4, 0.5) is 10.5 Å². The van der Waals surface area contributed by atoms with Gasteiger partial charge < -0.3 is 14.2 Å². The molecular formula is C22H22BrNO6S. The first-order valence-electron chi connectivity index (χ1n) is 9.16. The zero-order valence-electron chi connectivity index (χ0n) is 17.1. The van der Waals surface area contributed by atoms with Crippen LogP contribution in [0, 0.1) is 0 Å². The predicted molar refractivity (Wildman–Crippen MR) is 122 cm³/mol. The van der Waals surface area contributed by atoms with Crippen molar-refractivity contribution in [3.8, 4) is 0 Å². The molecule has 0 aliphatic carbocycles. The van der Waals surface area contributed by atoms with Crippen molar-refractivity contribution < 1.29 is 28.6 Å². The molecule has 1 amide bonds. The maximum absolute atomic E-state index is 12.5. The Morgan fingerprint density at radius 1 is 1.10 bits per heavy atom. The van der Waals surface area contributed by atoms with Crippen LogP contribution >= 0.6 is 27.7 Å². The molecule has 0 bridgehead atoms. The van der Waals surface area contributed by atoms with Gasteiger partial charge in [-0.15, -0.1) is 11.8 Å². The molecule has 0 spiro atoms. The molecule has 0 saturated heterocycles. The molecule has 0 fully saturated rings. The number of thioether (sulfide) groups is 1. The second-order valence-corrected chi connectivity index (χ2v) is 8.08. The van der Waals surface area contributed by atoms with Gasteiger partial charge in [0.1, 0.15) is 13.2 Å². The Morgan fingerprint density at radius 3 is 2.48 bits per heavy atom. The first-order valence-corrected chi connectivity index (χ1v) is 11.2. The lowest BCUT2D eigenvalue weighted by molar-refractivity contribution is -0.142. The Labute approximate surface area is 193 Å². The number of rotatable bonds is 9. The summed E-state index contributed by atoms with van der Waals surface area (Å²) in [6.07, 6.45) is 0.186. The van der Waals surface area contributed by atoms with E-state index in [-0.39, 0.29) is 24.4 Å². The third-order valence-electron chi connectivity index (χ3n) is 3.83. The van der Waals surface area contributed by atoms with Crippen LogP contribution in [0.3, 0.4) is 0 Å². The summed E-state index contributed by atoms with van der Waals surface area (Å²) in [5.74, 6) is -1.29. The third-order valence-corrected chi connectivity index (χ3v) is 5.25. The second kappa shape index (κ2) is 12.2. The van der Waals surface area contributed by atoms with Gasteiger partial charge in [0.15, 0.2) is 6.10 Å². The number of anilines is 1. The highest BCUT2D eigenvalue weighted by Gasteiger charge is 2.22. The van der Waals surface area contributed by atoms with Crippen LogP contribution in [0.15, 0.2) is 70.1 Å². The van der Waals surface area contributed by atoms with Crippen LogP contribution < -0.4 is 5.32 Å². The topological polar surface area (TPSA) is 90.9 Å². The Hall–Kier alpha value is -2.78. The van der Waals surface area contributed by atoms with Gasteiger partial charge in [0, 0.05) is 20.6 Å². The van der Waals surface area contributed by atoms with Crippen LogP contribution in [0.1, 0.15) is 17.3 Å². The van der Waals surface area contributed by atoms with Gasteiger partial charge in [0.2, 0.25) is 0 Å². The quantitative estimate of drug-likeness (QED) is 0.219. The van der Waals surface area contributed by atoms with E-state index in [0.717, 1.165) is 4.90 Å². The highest BCUT2D eigenvalue weighted by Crippen LogP contribution is 2.20. The van der Waals surface area contributed by atoms with Crippen LogP contribution in [0.25, 0.3) is 0 Å². The van der Waals surface area contributed by atoms with Gasteiger partial charge in [0.25, 0.3) is 0 Å². The van der Waals surface area contributed by atoms with Gasteiger partial charge in [0.05, 0.1) is 5.56 Å². The number of hydrogen-bond donors (Lipinski definition) is 1. The fourth-order valence-corrected chi connectivity index (χ4v) is 3.18. The minimum atomic E-state index is -1.01. The van der Waals surface area contributed by atoms with Crippen molar-refractivity contribution in [1.82, 2.24) is 0 Å². The summed E-state index contributed by atoms with van der Waals surface area (Å²) in [5.41, 5.74) is 1.05. The third kappa shape index (κ3) is 8.10. The van der Waals surface area contributed by atoms with Gasteiger partial charge in [-0.05, 0) is 59.4 Å². The van der Waals surface area contributed by atoms with Gasteiger partial charge in [-0.25, -0.2) is 14.4 Å². The minimum absolute atomic E-state index is 0.197.